The number of hydrogen-bond donors (Lipinski definition) is 3. The number of fused-ring (bicyclic) bond motifs is 1. The van der Waals surface area contributed by atoms with Gasteiger partial charge in [-0.2, -0.15) is 0 Å². The van der Waals surface area contributed by atoms with Gasteiger partial charge in [0.05, 0.1) is 18.2 Å². The van der Waals surface area contributed by atoms with Crippen LogP contribution in [0.5, 0.6) is 5.75 Å². The van der Waals surface area contributed by atoms with E-state index in [1.807, 2.05) is 68.4 Å². The third kappa shape index (κ3) is 5.60. The minimum atomic E-state index is 0.153. The highest BCUT2D eigenvalue weighted by Crippen LogP contribution is 2.17. The monoisotopic (exact) mass is 363 g/mol. The maximum Gasteiger partial charge on any atom is 0.193 e. The number of nitrogens with two attached hydrogens (primary N) is 1. The lowest BCUT2D eigenvalue weighted by atomic mass is 10.2. The van der Waals surface area contributed by atoms with Gasteiger partial charge in [0.15, 0.2) is 5.96 Å². The lowest BCUT2D eigenvalue weighted by Crippen LogP contribution is -2.23. The lowest BCUT2D eigenvalue weighted by molar-refractivity contribution is 0.242. The SMILES string of the molecule is CC(C)Oc1ccc(NC(N)=NCCNc2ccc3ccccc3n2)cc1. The minimum absolute atomic E-state index is 0.153. The van der Waals surface area contributed by atoms with Crippen LogP contribution in [0.3, 0.4) is 0 Å². The molecule has 6 heteroatoms. The number of pyridine rings is 1. The quantitative estimate of drug-likeness (QED) is 0.337. The van der Waals surface area contributed by atoms with Crippen molar-refractivity contribution in [1.29, 1.82) is 0 Å². The second-order valence-electron chi connectivity index (χ2n) is 6.40. The van der Waals surface area contributed by atoms with Gasteiger partial charge in [-0.3, -0.25) is 4.99 Å². The van der Waals surface area contributed by atoms with Crippen molar-refractivity contribution in [3.63, 3.8) is 0 Å². The first-order valence-corrected chi connectivity index (χ1v) is 9.03. The molecule has 2 aromatic carbocycles. The number of aromatic nitrogens is 1. The van der Waals surface area contributed by atoms with Gasteiger partial charge in [-0.05, 0) is 56.3 Å². The number of ether oxygens (including phenoxy) is 1. The van der Waals surface area contributed by atoms with Crippen molar-refractivity contribution in [2.45, 2.75) is 20.0 Å². The number of para-hydroxylation sites is 1. The predicted octanol–water partition coefficient (Wildman–Crippen LogP) is 3.86. The largest absolute Gasteiger partial charge is 0.491 e. The molecule has 0 saturated heterocycles. The fourth-order valence-electron chi connectivity index (χ4n) is 2.60. The molecule has 3 aromatic rings. The number of guanidine groups is 1. The van der Waals surface area contributed by atoms with Crippen LogP contribution in [-0.2, 0) is 0 Å². The van der Waals surface area contributed by atoms with E-state index in [9.17, 15) is 0 Å². The number of anilines is 2. The number of benzene rings is 2. The van der Waals surface area contributed by atoms with Crippen molar-refractivity contribution in [3.8, 4) is 5.75 Å². The number of nitrogens with one attached hydrogen (secondary N) is 2. The van der Waals surface area contributed by atoms with Gasteiger partial charge in [0.2, 0.25) is 0 Å². The summed E-state index contributed by atoms with van der Waals surface area (Å²) in [5.74, 6) is 2.04. The van der Waals surface area contributed by atoms with Crippen LogP contribution >= 0.6 is 0 Å². The molecular formula is C21H25N5O. The second-order valence-corrected chi connectivity index (χ2v) is 6.40. The molecule has 0 aliphatic carbocycles. The number of aliphatic imine (C=N–C) groups is 1. The molecule has 3 rings (SSSR count). The predicted molar refractivity (Wildman–Crippen MR) is 113 cm³/mol. The number of hydrogen-bond acceptors (Lipinski definition) is 4. The fourth-order valence-corrected chi connectivity index (χ4v) is 2.60. The minimum Gasteiger partial charge on any atom is -0.491 e. The molecule has 1 heterocycles. The summed E-state index contributed by atoms with van der Waals surface area (Å²) in [7, 11) is 0. The molecule has 4 N–H and O–H groups in total. The van der Waals surface area contributed by atoms with Gasteiger partial charge in [0, 0.05) is 17.6 Å². The summed E-state index contributed by atoms with van der Waals surface area (Å²) in [5.41, 5.74) is 7.78. The summed E-state index contributed by atoms with van der Waals surface area (Å²) in [6.45, 7) is 5.19. The molecule has 0 aliphatic heterocycles. The van der Waals surface area contributed by atoms with Crippen molar-refractivity contribution < 1.29 is 4.74 Å². The first-order valence-electron chi connectivity index (χ1n) is 9.03. The van der Waals surface area contributed by atoms with E-state index in [0.717, 1.165) is 28.2 Å². The highest BCUT2D eigenvalue weighted by Gasteiger charge is 2.00. The van der Waals surface area contributed by atoms with Crippen LogP contribution in [0.2, 0.25) is 0 Å². The van der Waals surface area contributed by atoms with E-state index in [2.05, 4.69) is 26.7 Å². The van der Waals surface area contributed by atoms with Crippen molar-refractivity contribution >= 4 is 28.4 Å². The van der Waals surface area contributed by atoms with Crippen LogP contribution in [0.4, 0.5) is 11.5 Å². The Labute approximate surface area is 159 Å². The molecule has 1 aromatic heterocycles. The zero-order chi connectivity index (χ0) is 19.1. The molecular weight excluding hydrogens is 338 g/mol. The standard InChI is InChI=1S/C21H25N5O/c1-15(2)27-18-10-8-17(9-11-18)25-21(22)24-14-13-23-20-12-7-16-5-3-4-6-19(16)26-20/h3-12,15H,13-14H2,1-2H3,(H,23,26)(H3,22,24,25). The molecule has 0 bridgehead atoms. The van der Waals surface area contributed by atoms with Crippen molar-refractivity contribution in [1.82, 2.24) is 4.98 Å². The van der Waals surface area contributed by atoms with Crippen LogP contribution in [0.1, 0.15) is 13.8 Å². The Morgan fingerprint density at radius 2 is 1.85 bits per heavy atom. The second kappa shape index (κ2) is 8.89. The van der Waals surface area contributed by atoms with Gasteiger partial charge in [-0.15, -0.1) is 0 Å². The number of nitrogens with zero attached hydrogens (tertiary/aromatic N) is 2. The van der Waals surface area contributed by atoms with Crippen LogP contribution < -0.4 is 21.1 Å². The van der Waals surface area contributed by atoms with Crippen LogP contribution in [0, 0.1) is 0 Å². The van der Waals surface area contributed by atoms with Gasteiger partial charge in [-0.25, -0.2) is 4.98 Å². The average molecular weight is 363 g/mol. The molecule has 27 heavy (non-hydrogen) atoms. The van der Waals surface area contributed by atoms with E-state index < -0.39 is 0 Å². The molecule has 0 spiro atoms. The molecule has 0 radical (unpaired) electrons. The third-order valence-electron chi connectivity index (χ3n) is 3.80. The smallest absolute Gasteiger partial charge is 0.193 e. The maximum absolute atomic E-state index is 5.94. The molecule has 0 unspecified atom stereocenters. The first kappa shape index (κ1) is 18.5. The van der Waals surface area contributed by atoms with E-state index in [1.54, 1.807) is 0 Å². The van der Waals surface area contributed by atoms with E-state index in [0.29, 0.717) is 19.0 Å². The molecule has 0 atom stereocenters. The van der Waals surface area contributed by atoms with Crippen LogP contribution in [-0.4, -0.2) is 30.1 Å². The van der Waals surface area contributed by atoms with Crippen LogP contribution in [0.15, 0.2) is 65.7 Å². The van der Waals surface area contributed by atoms with Crippen molar-refractivity contribution in [3.05, 3.63) is 60.7 Å². The molecule has 140 valence electrons. The van der Waals surface area contributed by atoms with E-state index in [4.69, 9.17) is 10.5 Å². The van der Waals surface area contributed by atoms with Gasteiger partial charge in [-0.1, -0.05) is 18.2 Å². The summed E-state index contributed by atoms with van der Waals surface area (Å²) in [5, 5.41) is 7.46. The Morgan fingerprint density at radius 3 is 2.63 bits per heavy atom. The third-order valence-corrected chi connectivity index (χ3v) is 3.80. The zero-order valence-corrected chi connectivity index (χ0v) is 15.6. The van der Waals surface area contributed by atoms with E-state index >= 15 is 0 Å². The van der Waals surface area contributed by atoms with Gasteiger partial charge in [0.1, 0.15) is 11.6 Å². The summed E-state index contributed by atoms with van der Waals surface area (Å²) in [6.07, 6.45) is 0.153. The van der Waals surface area contributed by atoms with Gasteiger partial charge in [0.25, 0.3) is 0 Å². The molecule has 0 saturated carbocycles. The summed E-state index contributed by atoms with van der Waals surface area (Å²) in [6, 6.07) is 19.7. The Balaban J connectivity index is 1.47. The van der Waals surface area contributed by atoms with Gasteiger partial charge < -0.3 is 21.1 Å². The Hall–Kier alpha value is -3.28. The summed E-state index contributed by atoms with van der Waals surface area (Å²) < 4.78 is 5.62. The normalized spacial score (nSPS) is 11.6. The summed E-state index contributed by atoms with van der Waals surface area (Å²) in [4.78, 5) is 8.90. The Kier molecular flexibility index (Phi) is 6.10. The molecule has 0 aliphatic rings. The molecule has 0 amide bonds. The Morgan fingerprint density at radius 1 is 1.07 bits per heavy atom. The number of rotatable bonds is 7. The van der Waals surface area contributed by atoms with Crippen LogP contribution in [0.25, 0.3) is 10.9 Å². The van der Waals surface area contributed by atoms with Crippen molar-refractivity contribution in [2.24, 2.45) is 10.7 Å². The zero-order valence-electron chi connectivity index (χ0n) is 15.6. The first-order chi connectivity index (χ1) is 13.1. The van der Waals surface area contributed by atoms with E-state index in [1.165, 1.54) is 0 Å². The topological polar surface area (TPSA) is 84.6 Å². The van der Waals surface area contributed by atoms with Crippen molar-refractivity contribution in [2.75, 3.05) is 23.7 Å². The van der Waals surface area contributed by atoms with E-state index in [-0.39, 0.29) is 6.10 Å². The summed E-state index contributed by atoms with van der Waals surface area (Å²) >= 11 is 0. The van der Waals surface area contributed by atoms with Gasteiger partial charge >= 0.3 is 0 Å². The molecule has 6 nitrogen and oxygen atoms in total. The lowest BCUT2D eigenvalue weighted by Gasteiger charge is -2.11. The highest BCUT2D eigenvalue weighted by atomic mass is 16.5. The average Bonchev–Trinajstić information content (AvgIpc) is 2.66. The maximum atomic E-state index is 5.94. The molecule has 0 fully saturated rings. The Bertz CT molecular complexity index is 906. The highest BCUT2D eigenvalue weighted by molar-refractivity contribution is 5.92. The fraction of sp³-hybridized carbons (Fsp3) is 0.238.